The lowest BCUT2D eigenvalue weighted by molar-refractivity contribution is 0.0721. The average molecular weight is 309 g/mol. The molecule has 6 heteroatoms. The lowest BCUT2D eigenvalue weighted by Gasteiger charge is -2.41. The molecule has 1 saturated carbocycles. The zero-order valence-corrected chi connectivity index (χ0v) is 12.9. The first-order valence-electron chi connectivity index (χ1n) is 7.97. The summed E-state index contributed by atoms with van der Waals surface area (Å²) in [5.41, 5.74) is 7.48. The number of amides is 1. The van der Waals surface area contributed by atoms with Gasteiger partial charge in [-0.3, -0.25) is 9.78 Å². The summed E-state index contributed by atoms with van der Waals surface area (Å²) in [6, 6.07) is 7.28. The number of carbonyl (C=O) groups is 1. The van der Waals surface area contributed by atoms with Gasteiger partial charge in [-0.25, -0.2) is 9.97 Å². The van der Waals surface area contributed by atoms with E-state index in [1.807, 2.05) is 23.1 Å². The van der Waals surface area contributed by atoms with E-state index in [0.29, 0.717) is 23.8 Å². The highest BCUT2D eigenvalue weighted by atomic mass is 16.2. The van der Waals surface area contributed by atoms with Crippen LogP contribution in [0.5, 0.6) is 0 Å². The van der Waals surface area contributed by atoms with Crippen molar-refractivity contribution in [2.75, 3.05) is 13.1 Å². The minimum absolute atomic E-state index is 0.0659. The van der Waals surface area contributed by atoms with E-state index in [-0.39, 0.29) is 17.4 Å². The highest BCUT2D eigenvalue weighted by molar-refractivity contribution is 5.93. The summed E-state index contributed by atoms with van der Waals surface area (Å²) in [4.78, 5) is 27.5. The van der Waals surface area contributed by atoms with Crippen LogP contribution in [0.4, 0.5) is 0 Å². The van der Waals surface area contributed by atoms with Crippen molar-refractivity contribution in [1.29, 1.82) is 0 Å². The Morgan fingerprint density at radius 2 is 2.09 bits per heavy atom. The Labute approximate surface area is 134 Å². The zero-order valence-electron chi connectivity index (χ0n) is 12.9. The maximum atomic E-state index is 12.8. The van der Waals surface area contributed by atoms with Gasteiger partial charge in [-0.1, -0.05) is 12.5 Å². The number of hydrogen-bond acceptors (Lipinski definition) is 5. The fourth-order valence-electron chi connectivity index (χ4n) is 3.57. The van der Waals surface area contributed by atoms with Crippen molar-refractivity contribution in [3.63, 3.8) is 0 Å². The van der Waals surface area contributed by atoms with Crippen LogP contribution in [0.3, 0.4) is 0 Å². The van der Waals surface area contributed by atoms with E-state index in [9.17, 15) is 4.79 Å². The van der Waals surface area contributed by atoms with Gasteiger partial charge in [-0.2, -0.15) is 0 Å². The molecule has 0 radical (unpaired) electrons. The molecular formula is C17H19N5O. The van der Waals surface area contributed by atoms with Crippen molar-refractivity contribution in [1.82, 2.24) is 19.9 Å². The topological polar surface area (TPSA) is 85.0 Å². The molecule has 1 spiro atoms. The predicted molar refractivity (Wildman–Crippen MR) is 85.4 cm³/mol. The van der Waals surface area contributed by atoms with Crippen molar-refractivity contribution in [2.24, 2.45) is 11.1 Å². The Hall–Kier alpha value is -2.34. The van der Waals surface area contributed by atoms with Crippen LogP contribution >= 0.6 is 0 Å². The van der Waals surface area contributed by atoms with Crippen LogP contribution in [0.1, 0.15) is 29.8 Å². The van der Waals surface area contributed by atoms with Gasteiger partial charge in [0.1, 0.15) is 11.4 Å². The Morgan fingerprint density at radius 3 is 2.74 bits per heavy atom. The van der Waals surface area contributed by atoms with E-state index in [2.05, 4.69) is 15.0 Å². The minimum Gasteiger partial charge on any atom is -0.335 e. The molecule has 23 heavy (non-hydrogen) atoms. The monoisotopic (exact) mass is 309 g/mol. The molecule has 6 nitrogen and oxygen atoms in total. The van der Waals surface area contributed by atoms with E-state index in [1.165, 1.54) is 6.42 Å². The number of carbonyl (C=O) groups excluding carboxylic acids is 1. The van der Waals surface area contributed by atoms with Gasteiger partial charge in [0, 0.05) is 36.9 Å². The fraction of sp³-hybridized carbons (Fsp3) is 0.412. The second kappa shape index (κ2) is 5.38. The van der Waals surface area contributed by atoms with E-state index >= 15 is 0 Å². The molecular weight excluding hydrogens is 290 g/mol. The molecule has 1 atom stereocenters. The standard InChI is InChI=1S/C17H19N5O/c18-14-10-22(11-17(14)6-3-7-17)16(23)13-5-9-20-15(21-13)12-4-1-2-8-19-12/h1-2,4-5,8-9,14H,3,6-7,10-11,18H2. The van der Waals surface area contributed by atoms with E-state index in [4.69, 9.17) is 5.73 Å². The Bertz CT molecular complexity index is 729. The van der Waals surface area contributed by atoms with Crippen molar-refractivity contribution in [3.05, 3.63) is 42.4 Å². The van der Waals surface area contributed by atoms with Gasteiger partial charge in [-0.15, -0.1) is 0 Å². The normalized spacial score (nSPS) is 22.1. The SMILES string of the molecule is NC1CN(C(=O)c2ccnc(-c3ccccn3)n2)CC12CCC2. The van der Waals surface area contributed by atoms with Crippen LogP contribution in [0.25, 0.3) is 11.5 Å². The fourth-order valence-corrected chi connectivity index (χ4v) is 3.57. The molecule has 4 rings (SSSR count). The van der Waals surface area contributed by atoms with Gasteiger partial charge in [0.2, 0.25) is 0 Å². The molecule has 2 aromatic heterocycles. The van der Waals surface area contributed by atoms with Gasteiger partial charge >= 0.3 is 0 Å². The summed E-state index contributed by atoms with van der Waals surface area (Å²) in [5, 5.41) is 0. The van der Waals surface area contributed by atoms with Crippen LogP contribution in [-0.4, -0.2) is 44.9 Å². The van der Waals surface area contributed by atoms with Gasteiger partial charge in [0.05, 0.1) is 0 Å². The molecule has 0 bridgehead atoms. The molecule has 2 fully saturated rings. The summed E-state index contributed by atoms with van der Waals surface area (Å²) in [6.45, 7) is 1.36. The number of nitrogens with zero attached hydrogens (tertiary/aromatic N) is 4. The molecule has 2 aromatic rings. The summed E-state index contributed by atoms with van der Waals surface area (Å²) in [6.07, 6.45) is 6.77. The van der Waals surface area contributed by atoms with Gasteiger partial charge in [0.25, 0.3) is 5.91 Å². The van der Waals surface area contributed by atoms with Crippen LogP contribution in [0.2, 0.25) is 0 Å². The molecule has 3 heterocycles. The molecule has 1 unspecified atom stereocenters. The molecule has 1 aliphatic heterocycles. The molecule has 1 amide bonds. The molecule has 2 N–H and O–H groups in total. The van der Waals surface area contributed by atoms with Gasteiger partial charge in [-0.05, 0) is 31.0 Å². The van der Waals surface area contributed by atoms with Crippen molar-refractivity contribution in [3.8, 4) is 11.5 Å². The lowest BCUT2D eigenvalue weighted by atomic mass is 9.66. The van der Waals surface area contributed by atoms with Gasteiger partial charge in [0.15, 0.2) is 5.82 Å². The maximum Gasteiger partial charge on any atom is 0.272 e. The third-order valence-corrected chi connectivity index (χ3v) is 5.11. The summed E-state index contributed by atoms with van der Waals surface area (Å²) in [5.74, 6) is 0.405. The zero-order chi connectivity index (χ0) is 15.9. The molecule has 2 aliphatic rings. The van der Waals surface area contributed by atoms with E-state index in [0.717, 1.165) is 19.4 Å². The van der Waals surface area contributed by atoms with Crippen LogP contribution in [0.15, 0.2) is 36.7 Å². The second-order valence-electron chi connectivity index (χ2n) is 6.49. The second-order valence-corrected chi connectivity index (χ2v) is 6.49. The highest BCUT2D eigenvalue weighted by Crippen LogP contribution is 2.47. The predicted octanol–water partition coefficient (Wildman–Crippen LogP) is 1.49. The number of nitrogens with two attached hydrogens (primary N) is 1. The number of hydrogen-bond donors (Lipinski definition) is 1. The van der Waals surface area contributed by atoms with Crippen LogP contribution < -0.4 is 5.73 Å². The van der Waals surface area contributed by atoms with Crippen LogP contribution in [0, 0.1) is 5.41 Å². The van der Waals surface area contributed by atoms with Crippen molar-refractivity contribution < 1.29 is 4.79 Å². The third kappa shape index (κ3) is 2.39. The van der Waals surface area contributed by atoms with E-state index < -0.39 is 0 Å². The molecule has 118 valence electrons. The van der Waals surface area contributed by atoms with Crippen molar-refractivity contribution in [2.45, 2.75) is 25.3 Å². The van der Waals surface area contributed by atoms with Gasteiger partial charge < -0.3 is 10.6 Å². The first-order valence-corrected chi connectivity index (χ1v) is 7.97. The summed E-state index contributed by atoms with van der Waals surface area (Å²) >= 11 is 0. The minimum atomic E-state index is -0.0659. The molecule has 0 aromatic carbocycles. The van der Waals surface area contributed by atoms with Crippen molar-refractivity contribution >= 4 is 5.91 Å². The quantitative estimate of drug-likeness (QED) is 0.908. The highest BCUT2D eigenvalue weighted by Gasteiger charge is 2.50. The van der Waals surface area contributed by atoms with E-state index in [1.54, 1.807) is 18.5 Å². The number of aromatic nitrogens is 3. The Kier molecular flexibility index (Phi) is 3.34. The Morgan fingerprint density at radius 1 is 1.22 bits per heavy atom. The summed E-state index contributed by atoms with van der Waals surface area (Å²) < 4.78 is 0. The number of rotatable bonds is 2. The third-order valence-electron chi connectivity index (χ3n) is 5.11. The Balaban J connectivity index is 1.58. The van der Waals surface area contributed by atoms with Crippen LogP contribution in [-0.2, 0) is 0 Å². The maximum absolute atomic E-state index is 12.8. The molecule has 1 aliphatic carbocycles. The first kappa shape index (κ1) is 14.3. The largest absolute Gasteiger partial charge is 0.335 e. The molecule has 1 saturated heterocycles. The first-order chi connectivity index (χ1) is 11.2. The smallest absolute Gasteiger partial charge is 0.272 e. The summed E-state index contributed by atoms with van der Waals surface area (Å²) in [7, 11) is 0. The number of pyridine rings is 1. The lowest BCUT2D eigenvalue weighted by Crippen LogP contribution is -2.45. The number of likely N-dealkylation sites (tertiary alicyclic amines) is 1. The average Bonchev–Trinajstić information content (AvgIpc) is 2.93.